The van der Waals surface area contributed by atoms with Gasteiger partial charge in [0.1, 0.15) is 6.29 Å². The predicted octanol–water partition coefficient (Wildman–Crippen LogP) is 4.45. The lowest BCUT2D eigenvalue weighted by atomic mass is 9.69. The van der Waals surface area contributed by atoms with Crippen molar-refractivity contribution in [2.24, 2.45) is 29.6 Å². The highest BCUT2D eigenvalue weighted by Crippen LogP contribution is 2.40. The molecule has 0 heterocycles. The fourth-order valence-electron chi connectivity index (χ4n) is 4.01. The summed E-state index contributed by atoms with van der Waals surface area (Å²) >= 11 is 0. The van der Waals surface area contributed by atoms with Crippen LogP contribution in [0.25, 0.3) is 0 Å². The predicted molar refractivity (Wildman–Crippen MR) is 71.8 cm³/mol. The molecule has 1 nitrogen and oxygen atoms in total. The van der Waals surface area contributed by atoms with E-state index in [2.05, 4.69) is 13.8 Å². The Morgan fingerprint density at radius 3 is 2.47 bits per heavy atom. The highest BCUT2D eigenvalue weighted by atomic mass is 16.1. The van der Waals surface area contributed by atoms with Gasteiger partial charge in [0.15, 0.2) is 0 Å². The normalized spacial score (nSPS) is 43.3. The van der Waals surface area contributed by atoms with Crippen LogP contribution in [0.1, 0.15) is 65.2 Å². The van der Waals surface area contributed by atoms with Crippen molar-refractivity contribution in [3.63, 3.8) is 0 Å². The van der Waals surface area contributed by atoms with Crippen LogP contribution in [-0.4, -0.2) is 6.29 Å². The maximum atomic E-state index is 11.1. The maximum absolute atomic E-state index is 11.1. The zero-order valence-corrected chi connectivity index (χ0v) is 11.5. The lowest BCUT2D eigenvalue weighted by Crippen LogP contribution is -2.27. The lowest BCUT2D eigenvalue weighted by Gasteiger charge is -2.36. The van der Waals surface area contributed by atoms with Crippen LogP contribution < -0.4 is 0 Å². The number of carbonyl (C=O) groups is 1. The summed E-state index contributed by atoms with van der Waals surface area (Å²) in [5.74, 6) is 3.82. The van der Waals surface area contributed by atoms with Gasteiger partial charge in [-0.3, -0.25) is 0 Å². The van der Waals surface area contributed by atoms with Gasteiger partial charge in [0, 0.05) is 5.92 Å². The highest BCUT2D eigenvalue weighted by molar-refractivity contribution is 5.54. The molecule has 2 aliphatic rings. The number of hydrogen-bond acceptors (Lipinski definition) is 1. The first kappa shape index (κ1) is 13.1. The Morgan fingerprint density at radius 2 is 1.76 bits per heavy atom. The quantitative estimate of drug-likeness (QED) is 0.661. The SMILES string of the molecule is CC1CCC(CC2CCCCC2C=O)CC1C. The summed E-state index contributed by atoms with van der Waals surface area (Å²) < 4.78 is 0. The van der Waals surface area contributed by atoms with Crippen molar-refractivity contribution < 1.29 is 4.79 Å². The molecule has 0 aromatic rings. The van der Waals surface area contributed by atoms with E-state index in [1.54, 1.807) is 0 Å². The van der Waals surface area contributed by atoms with Crippen LogP contribution >= 0.6 is 0 Å². The van der Waals surface area contributed by atoms with E-state index in [4.69, 9.17) is 0 Å². The van der Waals surface area contributed by atoms with Gasteiger partial charge < -0.3 is 4.79 Å². The van der Waals surface area contributed by atoms with Crippen LogP contribution in [0, 0.1) is 29.6 Å². The molecular weight excluding hydrogens is 208 g/mol. The summed E-state index contributed by atoms with van der Waals surface area (Å²) in [5, 5.41) is 0. The number of rotatable bonds is 3. The smallest absolute Gasteiger partial charge is 0.123 e. The standard InChI is InChI=1S/C16H28O/c1-12-7-8-14(9-13(12)2)10-15-5-3-4-6-16(15)11-17/h11-16H,3-10H2,1-2H3. The molecular formula is C16H28O. The molecule has 5 unspecified atom stereocenters. The van der Waals surface area contributed by atoms with Gasteiger partial charge in [-0.25, -0.2) is 0 Å². The van der Waals surface area contributed by atoms with Crippen molar-refractivity contribution in [3.05, 3.63) is 0 Å². The van der Waals surface area contributed by atoms with Gasteiger partial charge in [-0.2, -0.15) is 0 Å². The Labute approximate surface area is 106 Å². The fraction of sp³-hybridized carbons (Fsp3) is 0.938. The van der Waals surface area contributed by atoms with Crippen molar-refractivity contribution >= 4 is 6.29 Å². The van der Waals surface area contributed by atoms with Crippen LogP contribution in [0.15, 0.2) is 0 Å². The van der Waals surface area contributed by atoms with Gasteiger partial charge in [0.05, 0.1) is 0 Å². The molecule has 2 saturated carbocycles. The van der Waals surface area contributed by atoms with Crippen molar-refractivity contribution in [2.45, 2.75) is 65.2 Å². The second-order valence-electron chi connectivity index (χ2n) is 6.71. The third-order valence-corrected chi connectivity index (χ3v) is 5.49. The zero-order valence-electron chi connectivity index (χ0n) is 11.5. The van der Waals surface area contributed by atoms with Gasteiger partial charge >= 0.3 is 0 Å². The lowest BCUT2D eigenvalue weighted by molar-refractivity contribution is -0.113. The van der Waals surface area contributed by atoms with Crippen LogP contribution in [0.4, 0.5) is 0 Å². The summed E-state index contributed by atoms with van der Waals surface area (Å²) in [6, 6.07) is 0. The maximum Gasteiger partial charge on any atom is 0.123 e. The Hall–Kier alpha value is -0.330. The van der Waals surface area contributed by atoms with Crippen molar-refractivity contribution in [3.8, 4) is 0 Å². The summed E-state index contributed by atoms with van der Waals surface area (Å²) in [6.07, 6.45) is 11.9. The van der Waals surface area contributed by atoms with E-state index in [0.717, 1.165) is 24.2 Å². The molecule has 0 saturated heterocycles. The van der Waals surface area contributed by atoms with Crippen molar-refractivity contribution in [2.75, 3.05) is 0 Å². The first-order valence-corrected chi connectivity index (χ1v) is 7.66. The third kappa shape index (κ3) is 3.33. The van der Waals surface area contributed by atoms with Crippen LogP contribution in [0.3, 0.4) is 0 Å². The largest absolute Gasteiger partial charge is 0.303 e. The van der Waals surface area contributed by atoms with Gasteiger partial charge in [0.25, 0.3) is 0 Å². The molecule has 0 aromatic carbocycles. The molecule has 0 radical (unpaired) electrons. The van der Waals surface area contributed by atoms with E-state index in [1.165, 1.54) is 51.2 Å². The van der Waals surface area contributed by atoms with E-state index >= 15 is 0 Å². The second kappa shape index (κ2) is 6.02. The van der Waals surface area contributed by atoms with E-state index in [9.17, 15) is 4.79 Å². The van der Waals surface area contributed by atoms with Gasteiger partial charge in [-0.05, 0) is 49.4 Å². The van der Waals surface area contributed by atoms with Gasteiger partial charge in [-0.15, -0.1) is 0 Å². The minimum absolute atomic E-state index is 0.387. The molecule has 2 aliphatic carbocycles. The van der Waals surface area contributed by atoms with Gasteiger partial charge in [0.2, 0.25) is 0 Å². The first-order chi connectivity index (χ1) is 8.20. The van der Waals surface area contributed by atoms with Crippen molar-refractivity contribution in [1.29, 1.82) is 0 Å². The van der Waals surface area contributed by atoms with E-state index in [1.807, 2.05) is 0 Å². The number of hydrogen-bond donors (Lipinski definition) is 0. The first-order valence-electron chi connectivity index (χ1n) is 7.66. The van der Waals surface area contributed by atoms with E-state index in [-0.39, 0.29) is 0 Å². The van der Waals surface area contributed by atoms with Crippen LogP contribution in [0.5, 0.6) is 0 Å². The minimum Gasteiger partial charge on any atom is -0.303 e. The number of carbonyl (C=O) groups excluding carboxylic acids is 1. The molecule has 0 bridgehead atoms. The van der Waals surface area contributed by atoms with Crippen LogP contribution in [-0.2, 0) is 4.79 Å². The highest BCUT2D eigenvalue weighted by Gasteiger charge is 2.30. The average Bonchev–Trinajstić information content (AvgIpc) is 2.34. The molecule has 0 aromatic heterocycles. The second-order valence-corrected chi connectivity index (χ2v) is 6.71. The average molecular weight is 236 g/mol. The topological polar surface area (TPSA) is 17.1 Å². The zero-order chi connectivity index (χ0) is 12.3. The summed E-state index contributed by atoms with van der Waals surface area (Å²) in [5.41, 5.74) is 0. The van der Waals surface area contributed by atoms with E-state index < -0.39 is 0 Å². The third-order valence-electron chi connectivity index (χ3n) is 5.49. The molecule has 2 fully saturated rings. The minimum atomic E-state index is 0.387. The monoisotopic (exact) mass is 236 g/mol. The Morgan fingerprint density at radius 1 is 1.00 bits per heavy atom. The molecule has 17 heavy (non-hydrogen) atoms. The molecule has 5 atom stereocenters. The molecule has 0 spiro atoms. The Balaban J connectivity index is 1.85. The summed E-state index contributed by atoms with van der Waals surface area (Å²) in [4.78, 5) is 11.1. The summed E-state index contributed by atoms with van der Waals surface area (Å²) in [6.45, 7) is 4.81. The summed E-state index contributed by atoms with van der Waals surface area (Å²) in [7, 11) is 0. The molecule has 0 aliphatic heterocycles. The Bertz CT molecular complexity index is 248. The van der Waals surface area contributed by atoms with Crippen LogP contribution in [0.2, 0.25) is 0 Å². The number of aldehydes is 1. The van der Waals surface area contributed by atoms with E-state index in [0.29, 0.717) is 11.8 Å². The molecule has 0 N–H and O–H groups in total. The molecule has 0 amide bonds. The fourth-order valence-corrected chi connectivity index (χ4v) is 4.01. The van der Waals surface area contributed by atoms with Crippen molar-refractivity contribution in [1.82, 2.24) is 0 Å². The van der Waals surface area contributed by atoms with Gasteiger partial charge in [-0.1, -0.05) is 39.5 Å². The molecule has 2 rings (SSSR count). The Kier molecular flexibility index (Phi) is 4.64. The molecule has 1 heteroatoms. The molecule has 98 valence electrons.